The first-order chi connectivity index (χ1) is 9.02. The predicted octanol–water partition coefficient (Wildman–Crippen LogP) is 2.57. The zero-order chi connectivity index (χ0) is 14.3. The molecule has 5 nitrogen and oxygen atoms in total. The summed E-state index contributed by atoms with van der Waals surface area (Å²) in [4.78, 5) is 22.7. The summed E-state index contributed by atoms with van der Waals surface area (Å²) in [6.45, 7) is 4.15. The monoisotopic (exact) mass is 266 g/mol. The highest BCUT2D eigenvalue weighted by Gasteiger charge is 2.13. The second-order valence-corrected chi connectivity index (χ2v) is 4.42. The molecule has 1 rings (SSSR count). The van der Waals surface area contributed by atoms with Gasteiger partial charge in [0.2, 0.25) is 0 Å². The molecule has 1 aromatic rings. The molecule has 0 heterocycles. The molecule has 0 saturated heterocycles. The van der Waals surface area contributed by atoms with Gasteiger partial charge in [-0.25, -0.2) is 4.79 Å². The topological polar surface area (TPSA) is 61.8 Å². The Morgan fingerprint density at radius 2 is 1.89 bits per heavy atom. The molecule has 0 saturated carbocycles. The van der Waals surface area contributed by atoms with Gasteiger partial charge in [0.25, 0.3) is 0 Å². The Morgan fingerprint density at radius 1 is 1.21 bits per heavy atom. The Kier molecular flexibility index (Phi) is 5.85. The molecule has 19 heavy (non-hydrogen) atoms. The van der Waals surface area contributed by atoms with Crippen LogP contribution in [0, 0.1) is 5.92 Å². The third kappa shape index (κ3) is 5.42. The minimum atomic E-state index is -0.772. The fraction of sp³-hybridized carbons (Fsp3) is 0.429. The molecule has 1 aromatic carbocycles. The van der Waals surface area contributed by atoms with Crippen LogP contribution in [-0.2, 0) is 20.7 Å². The van der Waals surface area contributed by atoms with Crippen molar-refractivity contribution in [2.24, 2.45) is 5.92 Å². The van der Waals surface area contributed by atoms with Crippen molar-refractivity contribution >= 4 is 12.1 Å². The van der Waals surface area contributed by atoms with Gasteiger partial charge in [-0.1, -0.05) is 32.0 Å². The van der Waals surface area contributed by atoms with Crippen molar-refractivity contribution in [3.63, 3.8) is 0 Å². The lowest BCUT2D eigenvalue weighted by molar-refractivity contribution is -0.139. The highest BCUT2D eigenvalue weighted by molar-refractivity contribution is 5.74. The van der Waals surface area contributed by atoms with Crippen LogP contribution in [0.4, 0.5) is 4.79 Å². The molecule has 0 aliphatic rings. The van der Waals surface area contributed by atoms with Crippen LogP contribution in [0.5, 0.6) is 5.75 Å². The van der Waals surface area contributed by atoms with E-state index in [0.717, 1.165) is 0 Å². The number of hydrogen-bond donors (Lipinski definition) is 0. The van der Waals surface area contributed by atoms with Crippen molar-refractivity contribution in [1.82, 2.24) is 0 Å². The quantitative estimate of drug-likeness (QED) is 0.605. The van der Waals surface area contributed by atoms with E-state index >= 15 is 0 Å². The van der Waals surface area contributed by atoms with Crippen LogP contribution < -0.4 is 4.74 Å². The van der Waals surface area contributed by atoms with Crippen LogP contribution in [0.2, 0.25) is 0 Å². The number of carbonyl (C=O) groups excluding carboxylic acids is 2. The number of rotatable bonds is 5. The zero-order valence-electron chi connectivity index (χ0n) is 11.3. The van der Waals surface area contributed by atoms with Crippen molar-refractivity contribution in [3.8, 4) is 5.75 Å². The van der Waals surface area contributed by atoms with Gasteiger partial charge in [0.05, 0.1) is 20.1 Å². The van der Waals surface area contributed by atoms with Crippen LogP contribution in [0.1, 0.15) is 19.4 Å². The number of benzene rings is 1. The largest absolute Gasteiger partial charge is 0.513 e. The predicted molar refractivity (Wildman–Crippen MR) is 69.0 cm³/mol. The van der Waals surface area contributed by atoms with Gasteiger partial charge in [0, 0.05) is 5.56 Å². The molecule has 0 aliphatic heterocycles. The first-order valence-corrected chi connectivity index (χ1v) is 6.02. The van der Waals surface area contributed by atoms with E-state index in [4.69, 9.17) is 9.47 Å². The molecule has 0 aromatic heterocycles. The Bertz CT molecular complexity index is 439. The molecule has 104 valence electrons. The van der Waals surface area contributed by atoms with E-state index in [0.29, 0.717) is 11.3 Å². The van der Waals surface area contributed by atoms with Crippen molar-refractivity contribution in [2.75, 3.05) is 13.7 Å². The van der Waals surface area contributed by atoms with Gasteiger partial charge >= 0.3 is 12.1 Å². The lowest BCUT2D eigenvalue weighted by atomic mass is 10.1. The minimum absolute atomic E-state index is 0.0458. The van der Waals surface area contributed by atoms with Crippen molar-refractivity contribution < 1.29 is 23.8 Å². The van der Waals surface area contributed by atoms with Gasteiger partial charge in [-0.2, -0.15) is 0 Å². The molecule has 0 unspecified atom stereocenters. The SMILES string of the molecule is COC(=O)Cc1ccccc1OC(=O)OCC(C)C. The average molecular weight is 266 g/mol. The molecule has 0 atom stereocenters. The number of methoxy groups -OCH3 is 1. The number of esters is 1. The summed E-state index contributed by atoms with van der Waals surface area (Å²) in [7, 11) is 1.31. The zero-order valence-corrected chi connectivity index (χ0v) is 11.3. The second kappa shape index (κ2) is 7.41. The Morgan fingerprint density at radius 3 is 2.53 bits per heavy atom. The van der Waals surface area contributed by atoms with Gasteiger partial charge in [0.15, 0.2) is 0 Å². The molecule has 5 heteroatoms. The summed E-state index contributed by atoms with van der Waals surface area (Å²) < 4.78 is 14.6. The number of hydrogen-bond acceptors (Lipinski definition) is 5. The fourth-order valence-corrected chi connectivity index (χ4v) is 1.33. The summed E-state index contributed by atoms with van der Waals surface area (Å²) in [5.74, 6) is 0.145. The van der Waals surface area contributed by atoms with Gasteiger partial charge in [-0.15, -0.1) is 0 Å². The summed E-state index contributed by atoms with van der Waals surface area (Å²) in [6.07, 6.45) is -0.726. The Balaban J connectivity index is 2.67. The average Bonchev–Trinajstić information content (AvgIpc) is 2.38. The minimum Gasteiger partial charge on any atom is -0.469 e. The third-order valence-corrected chi connectivity index (χ3v) is 2.26. The van der Waals surface area contributed by atoms with Crippen LogP contribution >= 0.6 is 0 Å². The van der Waals surface area contributed by atoms with Crippen LogP contribution in [0.25, 0.3) is 0 Å². The number of carbonyl (C=O) groups is 2. The Labute approximate surface area is 112 Å². The molecular weight excluding hydrogens is 248 g/mol. The summed E-state index contributed by atoms with van der Waals surface area (Å²) in [5, 5.41) is 0. The molecule has 0 spiro atoms. The van der Waals surface area contributed by atoms with E-state index in [2.05, 4.69) is 4.74 Å². The number of para-hydroxylation sites is 1. The van der Waals surface area contributed by atoms with Crippen LogP contribution in [0.15, 0.2) is 24.3 Å². The molecular formula is C14H18O5. The molecule has 0 bridgehead atoms. The van der Waals surface area contributed by atoms with Crippen LogP contribution in [-0.4, -0.2) is 25.8 Å². The van der Waals surface area contributed by atoms with Gasteiger partial charge in [-0.05, 0) is 12.0 Å². The third-order valence-electron chi connectivity index (χ3n) is 2.26. The van der Waals surface area contributed by atoms with E-state index in [1.54, 1.807) is 24.3 Å². The van der Waals surface area contributed by atoms with Crippen molar-refractivity contribution in [1.29, 1.82) is 0 Å². The maximum Gasteiger partial charge on any atom is 0.513 e. The van der Waals surface area contributed by atoms with Crippen molar-refractivity contribution in [2.45, 2.75) is 20.3 Å². The molecule has 0 amide bonds. The van der Waals surface area contributed by atoms with Crippen molar-refractivity contribution in [3.05, 3.63) is 29.8 Å². The van der Waals surface area contributed by atoms with E-state index in [1.807, 2.05) is 13.8 Å². The normalized spacial score (nSPS) is 10.1. The summed E-state index contributed by atoms with van der Waals surface area (Å²) in [6, 6.07) is 6.77. The summed E-state index contributed by atoms with van der Waals surface area (Å²) >= 11 is 0. The lowest BCUT2D eigenvalue weighted by Gasteiger charge is -2.10. The first kappa shape index (κ1) is 15.0. The molecule has 0 N–H and O–H groups in total. The number of ether oxygens (including phenoxy) is 3. The highest BCUT2D eigenvalue weighted by atomic mass is 16.7. The van der Waals surface area contributed by atoms with E-state index < -0.39 is 12.1 Å². The highest BCUT2D eigenvalue weighted by Crippen LogP contribution is 2.19. The van der Waals surface area contributed by atoms with Gasteiger partial charge in [-0.3, -0.25) is 4.79 Å². The lowest BCUT2D eigenvalue weighted by Crippen LogP contribution is -2.15. The fourth-order valence-electron chi connectivity index (χ4n) is 1.33. The molecule has 0 radical (unpaired) electrons. The van der Waals surface area contributed by atoms with E-state index in [-0.39, 0.29) is 18.9 Å². The maximum absolute atomic E-state index is 11.5. The maximum atomic E-state index is 11.5. The molecule has 0 fully saturated rings. The van der Waals surface area contributed by atoms with Gasteiger partial charge < -0.3 is 14.2 Å². The van der Waals surface area contributed by atoms with Gasteiger partial charge in [0.1, 0.15) is 5.75 Å². The molecule has 0 aliphatic carbocycles. The Hall–Kier alpha value is -2.04. The standard InChI is InChI=1S/C14H18O5/c1-10(2)9-18-14(16)19-12-7-5-4-6-11(12)8-13(15)17-3/h4-7,10H,8-9H2,1-3H3. The smallest absolute Gasteiger partial charge is 0.469 e. The van der Waals surface area contributed by atoms with E-state index in [9.17, 15) is 9.59 Å². The second-order valence-electron chi connectivity index (χ2n) is 4.42. The summed E-state index contributed by atoms with van der Waals surface area (Å²) in [5.41, 5.74) is 0.579. The first-order valence-electron chi connectivity index (χ1n) is 6.02. The van der Waals surface area contributed by atoms with E-state index in [1.165, 1.54) is 7.11 Å². The van der Waals surface area contributed by atoms with Crippen LogP contribution in [0.3, 0.4) is 0 Å².